The van der Waals surface area contributed by atoms with E-state index in [1.807, 2.05) is 0 Å². The summed E-state index contributed by atoms with van der Waals surface area (Å²) in [4.78, 5) is 23.4. The number of ether oxygens (including phenoxy) is 2. The average Bonchev–Trinajstić information content (AvgIpc) is 2.49. The van der Waals surface area contributed by atoms with Gasteiger partial charge in [-0.2, -0.15) is 0 Å². The van der Waals surface area contributed by atoms with E-state index >= 15 is 0 Å². The third kappa shape index (κ3) is 7.87. The lowest BCUT2D eigenvalue weighted by molar-refractivity contribution is -0.121. The molecule has 0 heterocycles. The predicted molar refractivity (Wildman–Crippen MR) is 93.0 cm³/mol. The third-order valence-corrected chi connectivity index (χ3v) is 3.30. The minimum absolute atomic E-state index is 0.162. The Hall–Kier alpha value is -2.31. The number of methoxy groups -OCH3 is 1. The summed E-state index contributed by atoms with van der Waals surface area (Å²) in [6.07, 6.45) is 0.225. The fourth-order valence-electron chi connectivity index (χ4n) is 2.10. The molecule has 1 rings (SSSR count). The van der Waals surface area contributed by atoms with Crippen molar-refractivity contribution in [1.82, 2.24) is 10.6 Å². The van der Waals surface area contributed by atoms with E-state index in [2.05, 4.69) is 10.6 Å². The number of hydrogen-bond donors (Lipinski definition) is 2. The second-order valence-corrected chi connectivity index (χ2v) is 6.72. The van der Waals surface area contributed by atoms with Crippen molar-refractivity contribution in [2.75, 3.05) is 13.7 Å². The number of amides is 2. The highest BCUT2D eigenvalue weighted by Gasteiger charge is 2.16. The van der Waals surface area contributed by atoms with Gasteiger partial charge in [-0.3, -0.25) is 4.79 Å². The summed E-state index contributed by atoms with van der Waals surface area (Å²) in [7, 11) is 1.40. The summed E-state index contributed by atoms with van der Waals surface area (Å²) in [5, 5.41) is 5.39. The molecule has 0 bridgehead atoms. The molecule has 0 saturated heterocycles. The number of benzene rings is 1. The number of carbonyl (C=O) groups is 2. The quantitative estimate of drug-likeness (QED) is 0.737. The van der Waals surface area contributed by atoms with Crippen molar-refractivity contribution in [2.45, 2.75) is 52.2 Å². The van der Waals surface area contributed by atoms with Crippen LogP contribution in [-0.2, 0) is 9.53 Å². The molecule has 6 nitrogen and oxygen atoms in total. The van der Waals surface area contributed by atoms with Crippen LogP contribution in [0.15, 0.2) is 18.2 Å². The number of carbonyl (C=O) groups excluding carboxylic acids is 2. The molecule has 1 atom stereocenters. The Morgan fingerprint density at radius 1 is 1.28 bits per heavy atom. The predicted octanol–water partition coefficient (Wildman–Crippen LogP) is 3.32. The van der Waals surface area contributed by atoms with E-state index in [4.69, 9.17) is 9.47 Å². The van der Waals surface area contributed by atoms with Crippen LogP contribution in [0.1, 0.15) is 52.1 Å². The molecule has 2 N–H and O–H groups in total. The van der Waals surface area contributed by atoms with Gasteiger partial charge in [0.2, 0.25) is 5.91 Å². The Balaban J connectivity index is 2.34. The van der Waals surface area contributed by atoms with Crippen LogP contribution in [-0.4, -0.2) is 31.3 Å². The molecule has 0 unspecified atom stereocenters. The first-order valence-electron chi connectivity index (χ1n) is 8.22. The van der Waals surface area contributed by atoms with Crippen molar-refractivity contribution in [3.05, 3.63) is 29.6 Å². The largest absolute Gasteiger partial charge is 0.494 e. The topological polar surface area (TPSA) is 76.7 Å². The van der Waals surface area contributed by atoms with Crippen molar-refractivity contribution in [1.29, 1.82) is 0 Å². The third-order valence-electron chi connectivity index (χ3n) is 3.30. The highest BCUT2D eigenvalue weighted by Crippen LogP contribution is 2.21. The van der Waals surface area contributed by atoms with Crippen LogP contribution in [0.25, 0.3) is 0 Å². The molecule has 0 saturated carbocycles. The van der Waals surface area contributed by atoms with E-state index in [-0.39, 0.29) is 24.1 Å². The van der Waals surface area contributed by atoms with Gasteiger partial charge in [-0.15, -0.1) is 0 Å². The first kappa shape index (κ1) is 20.7. The molecule has 0 aliphatic heterocycles. The van der Waals surface area contributed by atoms with Gasteiger partial charge in [-0.05, 0) is 51.8 Å². The number of alkyl carbamates (subject to hydrolysis) is 1. The van der Waals surface area contributed by atoms with E-state index in [9.17, 15) is 14.0 Å². The van der Waals surface area contributed by atoms with Gasteiger partial charge in [0.05, 0.1) is 13.2 Å². The summed E-state index contributed by atoms with van der Waals surface area (Å²) >= 11 is 0. The maximum Gasteiger partial charge on any atom is 0.407 e. The number of rotatable bonds is 7. The van der Waals surface area contributed by atoms with Crippen molar-refractivity contribution >= 4 is 12.0 Å². The van der Waals surface area contributed by atoms with Crippen LogP contribution in [0, 0.1) is 5.82 Å². The van der Waals surface area contributed by atoms with Gasteiger partial charge in [-0.1, -0.05) is 6.07 Å². The van der Waals surface area contributed by atoms with E-state index in [1.54, 1.807) is 33.8 Å². The summed E-state index contributed by atoms with van der Waals surface area (Å²) < 4.78 is 23.7. The van der Waals surface area contributed by atoms with Crippen LogP contribution in [0.5, 0.6) is 5.75 Å². The maximum atomic E-state index is 13.7. The highest BCUT2D eigenvalue weighted by molar-refractivity contribution is 5.76. The molecule has 25 heavy (non-hydrogen) atoms. The van der Waals surface area contributed by atoms with Crippen molar-refractivity contribution in [2.24, 2.45) is 0 Å². The standard InChI is InChI=1S/C18H27FN2O4/c1-12(13-8-9-15(24-5)14(19)11-13)21-16(22)7-6-10-20-17(23)25-18(2,3)4/h8-9,11-12H,6-7,10H2,1-5H3,(H,20,23)(H,21,22)/t12-/m0/s1. The Morgan fingerprint density at radius 2 is 1.96 bits per heavy atom. The van der Waals surface area contributed by atoms with Crippen molar-refractivity contribution in [3.63, 3.8) is 0 Å². The molecule has 0 spiro atoms. The van der Waals surface area contributed by atoms with Crippen LogP contribution in [0.3, 0.4) is 0 Å². The van der Waals surface area contributed by atoms with E-state index in [0.717, 1.165) is 0 Å². The molecule has 140 valence electrons. The normalized spacial score (nSPS) is 12.2. The van der Waals surface area contributed by atoms with E-state index in [0.29, 0.717) is 18.5 Å². The monoisotopic (exact) mass is 354 g/mol. The van der Waals surface area contributed by atoms with E-state index < -0.39 is 17.5 Å². The number of hydrogen-bond acceptors (Lipinski definition) is 4. The molecular weight excluding hydrogens is 327 g/mol. The minimum Gasteiger partial charge on any atom is -0.494 e. The molecule has 2 amide bonds. The lowest BCUT2D eigenvalue weighted by atomic mass is 10.1. The number of nitrogens with one attached hydrogen (secondary N) is 2. The Kier molecular flexibility index (Phi) is 7.67. The summed E-state index contributed by atoms with van der Waals surface area (Å²) in [5.41, 5.74) is 0.100. The van der Waals surface area contributed by atoms with Gasteiger partial charge in [0.15, 0.2) is 11.6 Å². The molecule has 7 heteroatoms. The molecule has 0 aliphatic rings. The first-order chi connectivity index (χ1) is 11.6. The summed E-state index contributed by atoms with van der Waals surface area (Å²) in [5.74, 6) is -0.479. The van der Waals surface area contributed by atoms with Crippen LogP contribution in [0.2, 0.25) is 0 Å². The zero-order chi connectivity index (χ0) is 19.0. The number of halogens is 1. The fourth-order valence-corrected chi connectivity index (χ4v) is 2.10. The molecular formula is C18H27FN2O4. The average molecular weight is 354 g/mol. The smallest absolute Gasteiger partial charge is 0.407 e. The lowest BCUT2D eigenvalue weighted by Gasteiger charge is -2.19. The Morgan fingerprint density at radius 3 is 2.52 bits per heavy atom. The minimum atomic E-state index is -0.551. The van der Waals surface area contributed by atoms with Gasteiger partial charge in [0.25, 0.3) is 0 Å². The maximum absolute atomic E-state index is 13.7. The first-order valence-corrected chi connectivity index (χ1v) is 8.22. The zero-order valence-corrected chi connectivity index (χ0v) is 15.4. The van der Waals surface area contributed by atoms with Crippen molar-refractivity contribution < 1.29 is 23.5 Å². The highest BCUT2D eigenvalue weighted by atomic mass is 19.1. The van der Waals surface area contributed by atoms with Gasteiger partial charge in [-0.25, -0.2) is 9.18 Å². The molecule has 0 aliphatic carbocycles. The second-order valence-electron chi connectivity index (χ2n) is 6.72. The van der Waals surface area contributed by atoms with Crippen molar-refractivity contribution in [3.8, 4) is 5.75 Å². The summed E-state index contributed by atoms with van der Waals surface area (Å²) in [6.45, 7) is 7.46. The Labute approximate surface area is 148 Å². The van der Waals surface area contributed by atoms with Crippen LogP contribution >= 0.6 is 0 Å². The summed E-state index contributed by atoms with van der Waals surface area (Å²) in [6, 6.07) is 4.25. The van der Waals surface area contributed by atoms with Crippen LogP contribution < -0.4 is 15.4 Å². The second kappa shape index (κ2) is 9.25. The Bertz CT molecular complexity index is 599. The lowest BCUT2D eigenvalue weighted by Crippen LogP contribution is -2.33. The molecule has 0 aromatic heterocycles. The molecule has 0 radical (unpaired) electrons. The fraction of sp³-hybridized carbons (Fsp3) is 0.556. The van der Waals surface area contributed by atoms with Crippen LogP contribution in [0.4, 0.5) is 9.18 Å². The van der Waals surface area contributed by atoms with E-state index in [1.165, 1.54) is 19.2 Å². The van der Waals surface area contributed by atoms with Gasteiger partial charge in [0.1, 0.15) is 5.60 Å². The SMILES string of the molecule is COc1ccc([C@H](C)NC(=O)CCCNC(=O)OC(C)(C)C)cc1F. The molecule has 1 aromatic rings. The van der Waals surface area contributed by atoms with Gasteiger partial charge < -0.3 is 20.1 Å². The van der Waals surface area contributed by atoms with Gasteiger partial charge in [0, 0.05) is 13.0 Å². The zero-order valence-electron chi connectivity index (χ0n) is 15.4. The molecule has 0 fully saturated rings. The molecule has 1 aromatic carbocycles. The van der Waals surface area contributed by atoms with Gasteiger partial charge >= 0.3 is 6.09 Å².